The van der Waals surface area contributed by atoms with Crippen LogP contribution >= 0.6 is 23.2 Å². The lowest BCUT2D eigenvalue weighted by atomic mass is 10.3. The van der Waals surface area contributed by atoms with Crippen molar-refractivity contribution in [3.63, 3.8) is 0 Å². The Morgan fingerprint density at radius 2 is 1.64 bits per heavy atom. The highest BCUT2D eigenvalue weighted by Crippen LogP contribution is 2.34. The van der Waals surface area contributed by atoms with Crippen LogP contribution in [0.15, 0.2) is 41.3 Å². The molecule has 118 valence electrons. The first-order valence-corrected chi connectivity index (χ1v) is 8.32. The van der Waals surface area contributed by atoms with Gasteiger partial charge in [-0.15, -0.1) is 0 Å². The molecule has 2 aromatic carbocycles. The molecule has 0 heterocycles. The fourth-order valence-corrected chi connectivity index (χ4v) is 4.04. The molecule has 0 saturated heterocycles. The van der Waals surface area contributed by atoms with Gasteiger partial charge in [0.1, 0.15) is 16.4 Å². The Kier molecular flexibility index (Phi) is 5.05. The van der Waals surface area contributed by atoms with Crippen molar-refractivity contribution < 1.29 is 17.9 Å². The van der Waals surface area contributed by atoms with E-state index in [2.05, 4.69) is 4.72 Å². The van der Waals surface area contributed by atoms with Crippen LogP contribution in [0.5, 0.6) is 11.5 Å². The minimum Gasteiger partial charge on any atom is -0.497 e. The molecule has 0 aliphatic rings. The molecule has 8 heteroatoms. The average Bonchev–Trinajstić information content (AvgIpc) is 2.46. The second-order valence-corrected chi connectivity index (χ2v) is 6.66. The largest absolute Gasteiger partial charge is 0.497 e. The highest BCUT2D eigenvalue weighted by atomic mass is 35.5. The molecule has 0 fully saturated rings. The molecule has 0 bridgehead atoms. The lowest BCUT2D eigenvalue weighted by molar-refractivity contribution is 0.405. The van der Waals surface area contributed by atoms with Crippen LogP contribution in [0.2, 0.25) is 10.0 Å². The maximum Gasteiger partial charge on any atom is 0.265 e. The Balaban J connectivity index is 2.49. The van der Waals surface area contributed by atoms with Gasteiger partial charge in [0.15, 0.2) is 0 Å². The SMILES string of the molecule is COc1ccc(OC)c(NS(=O)(=O)c2c(Cl)cccc2Cl)c1. The van der Waals surface area contributed by atoms with E-state index in [-0.39, 0.29) is 20.6 Å². The maximum atomic E-state index is 12.5. The van der Waals surface area contributed by atoms with Gasteiger partial charge in [0, 0.05) is 6.07 Å². The average molecular weight is 362 g/mol. The number of methoxy groups -OCH3 is 2. The van der Waals surface area contributed by atoms with Gasteiger partial charge in [-0.25, -0.2) is 8.42 Å². The van der Waals surface area contributed by atoms with Gasteiger partial charge in [0.2, 0.25) is 0 Å². The predicted molar refractivity (Wildman–Crippen MR) is 86.8 cm³/mol. The van der Waals surface area contributed by atoms with Gasteiger partial charge in [0.05, 0.1) is 30.0 Å². The van der Waals surface area contributed by atoms with E-state index >= 15 is 0 Å². The molecule has 0 radical (unpaired) electrons. The molecule has 0 saturated carbocycles. The molecule has 0 spiro atoms. The van der Waals surface area contributed by atoms with E-state index in [1.54, 1.807) is 18.2 Å². The van der Waals surface area contributed by atoms with Gasteiger partial charge in [-0.3, -0.25) is 4.72 Å². The van der Waals surface area contributed by atoms with Gasteiger partial charge in [0.25, 0.3) is 10.0 Å². The molecule has 0 amide bonds. The van der Waals surface area contributed by atoms with Crippen molar-refractivity contribution in [3.05, 3.63) is 46.4 Å². The molecular formula is C14H13Cl2NO4S. The number of rotatable bonds is 5. The normalized spacial score (nSPS) is 11.1. The van der Waals surface area contributed by atoms with Gasteiger partial charge >= 0.3 is 0 Å². The molecule has 0 atom stereocenters. The quantitative estimate of drug-likeness (QED) is 0.879. The highest BCUT2D eigenvalue weighted by molar-refractivity contribution is 7.93. The number of benzene rings is 2. The molecule has 1 N–H and O–H groups in total. The third kappa shape index (κ3) is 3.40. The summed E-state index contributed by atoms with van der Waals surface area (Å²) in [5.74, 6) is 0.816. The van der Waals surface area contributed by atoms with Crippen molar-refractivity contribution in [1.82, 2.24) is 0 Å². The van der Waals surface area contributed by atoms with Crippen LogP contribution in [0.25, 0.3) is 0 Å². The zero-order valence-electron chi connectivity index (χ0n) is 11.8. The molecular weight excluding hydrogens is 349 g/mol. The summed E-state index contributed by atoms with van der Waals surface area (Å²) in [5, 5.41) is 0.0590. The predicted octanol–water partition coefficient (Wildman–Crippen LogP) is 3.81. The Morgan fingerprint density at radius 1 is 1.00 bits per heavy atom. The van der Waals surface area contributed by atoms with Crippen molar-refractivity contribution in [2.75, 3.05) is 18.9 Å². The monoisotopic (exact) mass is 361 g/mol. The first kappa shape index (κ1) is 16.7. The number of sulfonamides is 1. The van der Waals surface area contributed by atoms with Gasteiger partial charge in [-0.05, 0) is 24.3 Å². The van der Waals surface area contributed by atoms with Crippen molar-refractivity contribution in [3.8, 4) is 11.5 Å². The standard InChI is InChI=1S/C14H13Cl2NO4S/c1-20-9-6-7-13(21-2)12(8-9)17-22(18,19)14-10(15)4-3-5-11(14)16/h3-8,17H,1-2H3. The number of halogens is 2. The molecule has 2 aromatic rings. The molecule has 22 heavy (non-hydrogen) atoms. The first-order chi connectivity index (χ1) is 10.4. The first-order valence-electron chi connectivity index (χ1n) is 6.08. The van der Waals surface area contributed by atoms with E-state index in [0.29, 0.717) is 11.5 Å². The lowest BCUT2D eigenvalue weighted by Crippen LogP contribution is -2.14. The molecule has 0 aromatic heterocycles. The Labute approximate surface area is 138 Å². The van der Waals surface area contributed by atoms with Crippen molar-refractivity contribution in [2.24, 2.45) is 0 Å². The van der Waals surface area contributed by atoms with Crippen molar-refractivity contribution in [2.45, 2.75) is 4.90 Å². The maximum absolute atomic E-state index is 12.5. The number of ether oxygens (including phenoxy) is 2. The summed E-state index contributed by atoms with van der Waals surface area (Å²) in [6, 6.07) is 9.20. The van der Waals surface area contributed by atoms with Crippen LogP contribution < -0.4 is 14.2 Å². The summed E-state index contributed by atoms with van der Waals surface area (Å²) in [4.78, 5) is -0.191. The Bertz CT molecular complexity index is 773. The van der Waals surface area contributed by atoms with Crippen LogP contribution in [-0.2, 0) is 10.0 Å². The highest BCUT2D eigenvalue weighted by Gasteiger charge is 2.23. The Hall–Kier alpha value is -1.63. The smallest absolute Gasteiger partial charge is 0.265 e. The fourth-order valence-electron chi connectivity index (χ4n) is 1.83. The fraction of sp³-hybridized carbons (Fsp3) is 0.143. The molecule has 5 nitrogen and oxygen atoms in total. The third-order valence-electron chi connectivity index (χ3n) is 2.84. The van der Waals surface area contributed by atoms with Crippen LogP contribution in [-0.4, -0.2) is 22.6 Å². The zero-order valence-corrected chi connectivity index (χ0v) is 14.1. The lowest BCUT2D eigenvalue weighted by Gasteiger charge is -2.14. The second kappa shape index (κ2) is 6.64. The summed E-state index contributed by atoms with van der Waals surface area (Å²) in [5.41, 5.74) is 0.220. The summed E-state index contributed by atoms with van der Waals surface area (Å²) < 4.78 is 37.7. The van der Waals surface area contributed by atoms with E-state index in [0.717, 1.165) is 0 Å². The number of hydrogen-bond donors (Lipinski definition) is 1. The summed E-state index contributed by atoms with van der Waals surface area (Å²) in [6.45, 7) is 0. The van der Waals surface area contributed by atoms with Gasteiger partial charge in [-0.1, -0.05) is 29.3 Å². The van der Waals surface area contributed by atoms with E-state index in [1.165, 1.54) is 32.4 Å². The van der Waals surface area contributed by atoms with Crippen molar-refractivity contribution in [1.29, 1.82) is 0 Å². The van der Waals surface area contributed by atoms with E-state index in [1.807, 2.05) is 0 Å². The van der Waals surface area contributed by atoms with E-state index in [4.69, 9.17) is 32.7 Å². The molecule has 0 aliphatic carbocycles. The minimum absolute atomic E-state index is 0.0295. The van der Waals surface area contributed by atoms with Gasteiger partial charge < -0.3 is 9.47 Å². The second-order valence-electron chi connectivity index (χ2n) is 4.22. The summed E-state index contributed by atoms with van der Waals surface area (Å²) >= 11 is 11.9. The topological polar surface area (TPSA) is 64.6 Å². The molecule has 0 aliphatic heterocycles. The van der Waals surface area contributed by atoms with Crippen molar-refractivity contribution >= 4 is 38.9 Å². The zero-order chi connectivity index (χ0) is 16.3. The molecule has 0 unspecified atom stereocenters. The van der Waals surface area contributed by atoms with Crippen LogP contribution in [0.3, 0.4) is 0 Å². The molecule has 2 rings (SSSR count). The number of anilines is 1. The van der Waals surface area contributed by atoms with E-state index in [9.17, 15) is 8.42 Å². The van der Waals surface area contributed by atoms with E-state index < -0.39 is 10.0 Å². The van der Waals surface area contributed by atoms with Crippen LogP contribution in [0, 0.1) is 0 Å². The van der Waals surface area contributed by atoms with Crippen LogP contribution in [0.4, 0.5) is 5.69 Å². The van der Waals surface area contributed by atoms with Gasteiger partial charge in [-0.2, -0.15) is 0 Å². The summed E-state index contributed by atoms with van der Waals surface area (Å²) in [6.07, 6.45) is 0. The Morgan fingerprint density at radius 3 is 2.18 bits per heavy atom. The van der Waals surface area contributed by atoms with Crippen LogP contribution in [0.1, 0.15) is 0 Å². The summed E-state index contributed by atoms with van der Waals surface area (Å²) in [7, 11) is -1.07. The number of nitrogens with one attached hydrogen (secondary N) is 1. The minimum atomic E-state index is -3.98. The third-order valence-corrected chi connectivity index (χ3v) is 5.16. The number of hydrogen-bond acceptors (Lipinski definition) is 4.